The second-order valence-corrected chi connectivity index (χ2v) is 5.91. The number of hydrogen-bond donors (Lipinski definition) is 0. The third-order valence-corrected chi connectivity index (χ3v) is 4.21. The molecule has 27 heavy (non-hydrogen) atoms. The fourth-order valence-corrected chi connectivity index (χ4v) is 3.07. The van der Waals surface area contributed by atoms with Crippen LogP contribution in [0.4, 0.5) is 0 Å². The number of nitrogens with zero attached hydrogens (tertiary/aromatic N) is 3. The summed E-state index contributed by atoms with van der Waals surface area (Å²) < 4.78 is 13.4. The summed E-state index contributed by atoms with van der Waals surface area (Å²) >= 11 is 0. The predicted octanol–water partition coefficient (Wildman–Crippen LogP) is 4.92. The van der Waals surface area contributed by atoms with Crippen LogP contribution in [0.3, 0.4) is 0 Å². The molecule has 0 atom stereocenters. The summed E-state index contributed by atoms with van der Waals surface area (Å²) in [4.78, 5) is 4.67. The van der Waals surface area contributed by atoms with E-state index in [2.05, 4.69) is 22.5 Å². The Kier molecular flexibility index (Phi) is 5.77. The van der Waals surface area contributed by atoms with E-state index in [9.17, 15) is 5.26 Å². The van der Waals surface area contributed by atoms with Crippen molar-refractivity contribution in [2.75, 3.05) is 13.2 Å². The maximum Gasteiger partial charge on any atom is 0.161 e. The lowest BCUT2D eigenvalue weighted by Crippen LogP contribution is -2.01. The van der Waals surface area contributed by atoms with Crippen LogP contribution in [0.15, 0.2) is 42.5 Å². The van der Waals surface area contributed by atoms with Gasteiger partial charge in [0.15, 0.2) is 17.3 Å². The summed E-state index contributed by atoms with van der Waals surface area (Å²) in [5, 5.41) is 9.77. The number of benzene rings is 2. The summed E-state index contributed by atoms with van der Waals surface area (Å²) in [6.07, 6.45) is 1.84. The molecule has 0 N–H and O–H groups in total. The molecule has 138 valence electrons. The normalized spacial score (nSPS) is 11.4. The van der Waals surface area contributed by atoms with Gasteiger partial charge in [0, 0.05) is 6.54 Å². The average molecular weight is 361 g/mol. The molecule has 1 aromatic heterocycles. The molecule has 0 aliphatic rings. The minimum atomic E-state index is 0.514. The zero-order valence-corrected chi connectivity index (χ0v) is 15.9. The molecule has 0 radical (unpaired) electrons. The van der Waals surface area contributed by atoms with E-state index in [1.807, 2.05) is 62.4 Å². The van der Waals surface area contributed by atoms with Gasteiger partial charge in [0.1, 0.15) is 6.07 Å². The van der Waals surface area contributed by atoms with Crippen LogP contribution >= 0.6 is 0 Å². The molecule has 0 fully saturated rings. The summed E-state index contributed by atoms with van der Waals surface area (Å²) in [6, 6.07) is 15.9. The van der Waals surface area contributed by atoms with Crippen molar-refractivity contribution in [1.82, 2.24) is 9.55 Å². The van der Waals surface area contributed by atoms with Crippen molar-refractivity contribution < 1.29 is 9.47 Å². The van der Waals surface area contributed by atoms with Crippen molar-refractivity contribution in [3.8, 4) is 17.6 Å². The van der Waals surface area contributed by atoms with Crippen LogP contribution in [0.1, 0.15) is 32.2 Å². The highest BCUT2D eigenvalue weighted by molar-refractivity contribution is 5.91. The van der Waals surface area contributed by atoms with Crippen LogP contribution in [0.2, 0.25) is 0 Å². The van der Waals surface area contributed by atoms with Crippen molar-refractivity contribution in [3.63, 3.8) is 0 Å². The van der Waals surface area contributed by atoms with Crippen LogP contribution < -0.4 is 9.47 Å². The Morgan fingerprint density at radius 1 is 1.07 bits per heavy atom. The van der Waals surface area contributed by atoms with E-state index in [0.717, 1.165) is 23.1 Å². The minimum Gasteiger partial charge on any atom is -0.490 e. The van der Waals surface area contributed by atoms with Gasteiger partial charge in [-0.15, -0.1) is 0 Å². The van der Waals surface area contributed by atoms with Crippen LogP contribution in [-0.2, 0) is 6.54 Å². The third-order valence-electron chi connectivity index (χ3n) is 4.21. The standard InChI is InChI=1S/C22H23N3O2/c1-4-25-19-10-8-7-9-18(19)24-22(25)17(15-23)13-16-11-12-20(26-5-2)21(14-16)27-6-3/h7-14H,4-6H2,1-3H3/b17-13-. The number of aryl methyl sites for hydroxylation is 1. The first-order chi connectivity index (χ1) is 13.2. The Labute approximate surface area is 159 Å². The monoisotopic (exact) mass is 361 g/mol. The number of hydrogen-bond acceptors (Lipinski definition) is 4. The maximum absolute atomic E-state index is 9.77. The molecule has 0 spiro atoms. The fourth-order valence-electron chi connectivity index (χ4n) is 3.07. The lowest BCUT2D eigenvalue weighted by molar-refractivity contribution is 0.287. The number of imidazole rings is 1. The Hall–Kier alpha value is -3.26. The van der Waals surface area contributed by atoms with E-state index in [1.165, 1.54) is 0 Å². The first-order valence-electron chi connectivity index (χ1n) is 9.18. The number of rotatable bonds is 7. The number of aromatic nitrogens is 2. The van der Waals surface area contributed by atoms with Crippen molar-refractivity contribution >= 4 is 22.7 Å². The van der Waals surface area contributed by atoms with Crippen LogP contribution in [0.25, 0.3) is 22.7 Å². The van der Waals surface area contributed by atoms with Gasteiger partial charge in [-0.2, -0.15) is 5.26 Å². The van der Waals surface area contributed by atoms with Gasteiger partial charge in [-0.3, -0.25) is 0 Å². The van der Waals surface area contributed by atoms with Gasteiger partial charge in [-0.1, -0.05) is 18.2 Å². The number of allylic oxidation sites excluding steroid dienone is 1. The Bertz CT molecular complexity index is 1010. The van der Waals surface area contributed by atoms with E-state index in [-0.39, 0.29) is 0 Å². The molecule has 3 rings (SSSR count). The topological polar surface area (TPSA) is 60.1 Å². The molecule has 0 saturated heterocycles. The SMILES string of the molecule is CCOc1ccc(/C=C(/C#N)c2nc3ccccc3n2CC)cc1OCC. The molecular weight excluding hydrogens is 338 g/mol. The molecule has 0 aliphatic carbocycles. The van der Waals surface area contributed by atoms with Gasteiger partial charge in [-0.25, -0.2) is 4.98 Å². The van der Waals surface area contributed by atoms with Crippen LogP contribution in [0.5, 0.6) is 11.5 Å². The molecule has 0 bridgehead atoms. The minimum absolute atomic E-state index is 0.514. The summed E-state index contributed by atoms with van der Waals surface area (Å²) in [7, 11) is 0. The molecule has 0 amide bonds. The molecule has 0 aliphatic heterocycles. The number of nitriles is 1. The van der Waals surface area contributed by atoms with Gasteiger partial charge in [-0.05, 0) is 56.7 Å². The average Bonchev–Trinajstić information content (AvgIpc) is 3.06. The summed E-state index contributed by atoms with van der Waals surface area (Å²) in [5.74, 6) is 2.05. The molecule has 0 unspecified atom stereocenters. The maximum atomic E-state index is 9.77. The second kappa shape index (κ2) is 8.41. The van der Waals surface area contributed by atoms with Gasteiger partial charge >= 0.3 is 0 Å². The van der Waals surface area contributed by atoms with Crippen molar-refractivity contribution in [2.24, 2.45) is 0 Å². The van der Waals surface area contributed by atoms with Crippen LogP contribution in [0, 0.1) is 11.3 Å². The van der Waals surface area contributed by atoms with E-state index in [1.54, 1.807) is 0 Å². The fraction of sp³-hybridized carbons (Fsp3) is 0.273. The quantitative estimate of drug-likeness (QED) is 0.561. The first kappa shape index (κ1) is 18.5. The summed E-state index contributed by atoms with van der Waals surface area (Å²) in [5.41, 5.74) is 3.29. The van der Waals surface area contributed by atoms with Crippen molar-refractivity contribution in [3.05, 3.63) is 53.9 Å². The lowest BCUT2D eigenvalue weighted by atomic mass is 10.1. The largest absolute Gasteiger partial charge is 0.490 e. The highest BCUT2D eigenvalue weighted by atomic mass is 16.5. The highest BCUT2D eigenvalue weighted by Crippen LogP contribution is 2.30. The Balaban J connectivity index is 2.07. The second-order valence-electron chi connectivity index (χ2n) is 5.91. The number of ether oxygens (including phenoxy) is 2. The zero-order valence-electron chi connectivity index (χ0n) is 15.9. The number of para-hydroxylation sites is 2. The lowest BCUT2D eigenvalue weighted by Gasteiger charge is -2.11. The first-order valence-corrected chi connectivity index (χ1v) is 9.18. The molecule has 1 heterocycles. The van der Waals surface area contributed by atoms with Crippen molar-refractivity contribution in [2.45, 2.75) is 27.3 Å². The molecule has 0 saturated carbocycles. The van der Waals surface area contributed by atoms with Crippen LogP contribution in [-0.4, -0.2) is 22.8 Å². The third kappa shape index (κ3) is 3.80. The van der Waals surface area contributed by atoms with E-state index >= 15 is 0 Å². The smallest absolute Gasteiger partial charge is 0.161 e. The zero-order chi connectivity index (χ0) is 19.2. The molecular formula is C22H23N3O2. The highest BCUT2D eigenvalue weighted by Gasteiger charge is 2.14. The van der Waals surface area contributed by atoms with Gasteiger partial charge < -0.3 is 14.0 Å². The predicted molar refractivity (Wildman–Crippen MR) is 108 cm³/mol. The number of fused-ring (bicyclic) bond motifs is 1. The van der Waals surface area contributed by atoms with E-state index < -0.39 is 0 Å². The Morgan fingerprint density at radius 3 is 2.52 bits per heavy atom. The summed E-state index contributed by atoms with van der Waals surface area (Å²) in [6.45, 7) is 7.78. The van der Waals surface area contributed by atoms with E-state index in [0.29, 0.717) is 36.1 Å². The molecule has 2 aromatic carbocycles. The molecule has 3 aromatic rings. The molecule has 5 nitrogen and oxygen atoms in total. The van der Waals surface area contributed by atoms with Gasteiger partial charge in [0.05, 0.1) is 29.8 Å². The van der Waals surface area contributed by atoms with Gasteiger partial charge in [0.2, 0.25) is 0 Å². The van der Waals surface area contributed by atoms with Crippen molar-refractivity contribution in [1.29, 1.82) is 5.26 Å². The van der Waals surface area contributed by atoms with E-state index in [4.69, 9.17) is 9.47 Å². The molecule has 5 heteroatoms. The Morgan fingerprint density at radius 2 is 1.81 bits per heavy atom. The van der Waals surface area contributed by atoms with Gasteiger partial charge in [0.25, 0.3) is 0 Å².